The van der Waals surface area contributed by atoms with Gasteiger partial charge in [0, 0.05) is 6.42 Å². The molecule has 1 atom stereocenters. The van der Waals surface area contributed by atoms with Crippen LogP contribution in [0.4, 0.5) is 0 Å². The predicted octanol–water partition coefficient (Wildman–Crippen LogP) is 3.02. The van der Waals surface area contributed by atoms with Crippen molar-refractivity contribution in [2.24, 2.45) is 5.92 Å². The van der Waals surface area contributed by atoms with Crippen LogP contribution in [-0.4, -0.2) is 17.5 Å². The van der Waals surface area contributed by atoms with Gasteiger partial charge >= 0.3 is 0 Å². The molecule has 0 amide bonds. The molecule has 0 aliphatic heterocycles. The largest absolute Gasteiger partial charge is 0.392 e. The van der Waals surface area contributed by atoms with Gasteiger partial charge in [-0.1, -0.05) is 24.6 Å². The Bertz CT molecular complexity index is 300. The summed E-state index contributed by atoms with van der Waals surface area (Å²) in [5.74, 6) is 0.782. The van der Waals surface area contributed by atoms with E-state index in [1.54, 1.807) is 0 Å². The Hall–Kier alpha value is -0.890. The number of hydrogen-bond acceptors (Lipinski definition) is 2. The Balaban J connectivity index is 2.42. The van der Waals surface area contributed by atoms with E-state index >= 15 is 0 Å². The zero-order valence-electron chi connectivity index (χ0n) is 10.3. The van der Waals surface area contributed by atoms with E-state index in [1.165, 1.54) is 5.57 Å². The van der Waals surface area contributed by atoms with Crippen LogP contribution in [0, 0.1) is 5.92 Å². The number of Topliss-reactive ketones (excluding diaryl/α,β-unsaturated/α-hetero) is 1. The maximum atomic E-state index is 11.6. The first-order valence-electron chi connectivity index (χ1n) is 6.15. The number of hydrogen-bond donors (Lipinski definition) is 1. The molecule has 1 aliphatic rings. The average molecular weight is 222 g/mol. The van der Waals surface area contributed by atoms with E-state index in [1.807, 2.05) is 13.0 Å². The van der Waals surface area contributed by atoms with Gasteiger partial charge in [0.25, 0.3) is 0 Å². The number of allylic oxidation sites excluding steroid dienone is 3. The van der Waals surface area contributed by atoms with Gasteiger partial charge in [-0.15, -0.1) is 0 Å². The zero-order valence-corrected chi connectivity index (χ0v) is 10.3. The summed E-state index contributed by atoms with van der Waals surface area (Å²) in [5, 5.41) is 8.80. The van der Waals surface area contributed by atoms with Crippen molar-refractivity contribution in [2.75, 3.05) is 6.61 Å². The molecule has 0 fully saturated rings. The van der Waals surface area contributed by atoms with Gasteiger partial charge in [-0.2, -0.15) is 0 Å². The van der Waals surface area contributed by atoms with E-state index < -0.39 is 0 Å². The molecule has 1 N–H and O–H groups in total. The predicted molar refractivity (Wildman–Crippen MR) is 66.2 cm³/mol. The fourth-order valence-electron chi connectivity index (χ4n) is 2.00. The number of carbonyl (C=O) groups excluding carboxylic acids is 1. The Morgan fingerprint density at radius 2 is 2.38 bits per heavy atom. The molecule has 2 nitrogen and oxygen atoms in total. The van der Waals surface area contributed by atoms with E-state index in [0.29, 0.717) is 11.7 Å². The van der Waals surface area contributed by atoms with Gasteiger partial charge in [-0.3, -0.25) is 4.79 Å². The van der Waals surface area contributed by atoms with Crippen LogP contribution in [0.1, 0.15) is 46.0 Å². The highest BCUT2D eigenvalue weighted by Gasteiger charge is 2.14. The highest BCUT2D eigenvalue weighted by molar-refractivity contribution is 5.95. The molecule has 0 aromatic heterocycles. The van der Waals surface area contributed by atoms with Crippen molar-refractivity contribution in [3.63, 3.8) is 0 Å². The second-order valence-corrected chi connectivity index (χ2v) is 4.62. The van der Waals surface area contributed by atoms with Crippen molar-refractivity contribution in [1.82, 2.24) is 0 Å². The minimum absolute atomic E-state index is 0.109. The molecule has 0 heterocycles. The lowest BCUT2D eigenvalue weighted by atomic mass is 9.89. The first-order chi connectivity index (χ1) is 7.65. The zero-order chi connectivity index (χ0) is 12.0. The van der Waals surface area contributed by atoms with Gasteiger partial charge in [-0.05, 0) is 44.1 Å². The van der Waals surface area contributed by atoms with Crippen LogP contribution in [0.2, 0.25) is 0 Å². The maximum absolute atomic E-state index is 11.6. The molecule has 0 aromatic carbocycles. The van der Waals surface area contributed by atoms with Crippen LogP contribution in [0.5, 0.6) is 0 Å². The molecule has 0 radical (unpaired) electrons. The van der Waals surface area contributed by atoms with Crippen molar-refractivity contribution in [1.29, 1.82) is 0 Å². The summed E-state index contributed by atoms with van der Waals surface area (Å²) in [7, 11) is 0. The Morgan fingerprint density at radius 3 is 3.00 bits per heavy atom. The summed E-state index contributed by atoms with van der Waals surface area (Å²) in [4.78, 5) is 11.6. The molecular weight excluding hydrogens is 200 g/mol. The van der Waals surface area contributed by atoms with E-state index in [-0.39, 0.29) is 6.61 Å². The summed E-state index contributed by atoms with van der Waals surface area (Å²) in [5.41, 5.74) is 2.24. The maximum Gasteiger partial charge on any atom is 0.158 e. The monoisotopic (exact) mass is 222 g/mol. The van der Waals surface area contributed by atoms with E-state index in [2.05, 4.69) is 13.0 Å². The summed E-state index contributed by atoms with van der Waals surface area (Å²) in [6, 6.07) is 0. The first kappa shape index (κ1) is 13.2. The minimum atomic E-state index is 0.109. The van der Waals surface area contributed by atoms with Gasteiger partial charge < -0.3 is 5.11 Å². The summed E-state index contributed by atoms with van der Waals surface area (Å²) in [6.45, 7) is 4.30. The number of carbonyl (C=O) groups is 1. The highest BCUT2D eigenvalue weighted by atomic mass is 16.2. The molecule has 1 rings (SSSR count). The topological polar surface area (TPSA) is 37.3 Å². The van der Waals surface area contributed by atoms with Crippen LogP contribution in [0.15, 0.2) is 23.3 Å². The molecule has 1 unspecified atom stereocenters. The van der Waals surface area contributed by atoms with Gasteiger partial charge in [0.2, 0.25) is 0 Å². The van der Waals surface area contributed by atoms with Crippen molar-refractivity contribution >= 4 is 5.78 Å². The molecule has 0 spiro atoms. The van der Waals surface area contributed by atoms with Crippen LogP contribution in [0.3, 0.4) is 0 Å². The number of aliphatic hydroxyl groups is 1. The second-order valence-electron chi connectivity index (χ2n) is 4.62. The Labute approximate surface area is 98.1 Å². The quantitative estimate of drug-likeness (QED) is 0.726. The summed E-state index contributed by atoms with van der Waals surface area (Å²) < 4.78 is 0. The molecule has 0 aromatic rings. The Morgan fingerprint density at radius 1 is 1.62 bits per heavy atom. The Kier molecular flexibility index (Phi) is 5.47. The van der Waals surface area contributed by atoms with E-state index in [9.17, 15) is 4.79 Å². The molecule has 0 saturated carbocycles. The summed E-state index contributed by atoms with van der Waals surface area (Å²) >= 11 is 0. The molecule has 16 heavy (non-hydrogen) atoms. The van der Waals surface area contributed by atoms with Crippen molar-refractivity contribution in [3.05, 3.63) is 23.3 Å². The van der Waals surface area contributed by atoms with Gasteiger partial charge in [0.15, 0.2) is 5.78 Å². The molecule has 0 saturated heterocycles. The summed E-state index contributed by atoms with van der Waals surface area (Å²) in [6.07, 6.45) is 8.63. The molecular formula is C14H22O2. The van der Waals surface area contributed by atoms with Gasteiger partial charge in [-0.25, -0.2) is 0 Å². The third-order valence-electron chi connectivity index (χ3n) is 3.39. The molecule has 90 valence electrons. The molecule has 1 aliphatic carbocycles. The number of rotatable bonds is 5. The normalized spacial score (nSPS) is 19.6. The van der Waals surface area contributed by atoms with Gasteiger partial charge in [0.1, 0.15) is 0 Å². The van der Waals surface area contributed by atoms with Crippen molar-refractivity contribution < 1.29 is 9.90 Å². The average Bonchev–Trinajstić information content (AvgIpc) is 2.28. The smallest absolute Gasteiger partial charge is 0.158 e. The lowest BCUT2D eigenvalue weighted by Gasteiger charge is -2.15. The van der Waals surface area contributed by atoms with Crippen LogP contribution >= 0.6 is 0 Å². The van der Waals surface area contributed by atoms with Crippen LogP contribution < -0.4 is 0 Å². The van der Waals surface area contributed by atoms with Gasteiger partial charge in [0.05, 0.1) is 6.61 Å². The lowest BCUT2D eigenvalue weighted by Crippen LogP contribution is -2.08. The van der Waals surface area contributed by atoms with Crippen LogP contribution in [-0.2, 0) is 4.79 Å². The van der Waals surface area contributed by atoms with E-state index in [0.717, 1.165) is 37.7 Å². The number of ketones is 1. The molecule has 0 bridgehead atoms. The first-order valence-corrected chi connectivity index (χ1v) is 6.15. The van der Waals surface area contributed by atoms with Crippen molar-refractivity contribution in [3.8, 4) is 0 Å². The number of aliphatic hydroxyl groups excluding tert-OH is 1. The SMILES string of the molecule is C/C(=C\CO)C(C)CCC1=CCCCC1=O. The van der Waals surface area contributed by atoms with E-state index in [4.69, 9.17) is 5.11 Å². The lowest BCUT2D eigenvalue weighted by molar-refractivity contribution is -0.116. The fraction of sp³-hybridized carbons (Fsp3) is 0.643. The molecule has 2 heteroatoms. The minimum Gasteiger partial charge on any atom is -0.392 e. The standard InChI is InChI=1S/C14H22O2/c1-11(12(2)9-10-15)7-8-13-5-3-4-6-14(13)16/h5,9,11,15H,3-4,6-8,10H2,1-2H3/b12-9+. The highest BCUT2D eigenvalue weighted by Crippen LogP contribution is 2.23. The second kappa shape index (κ2) is 6.64. The fourth-order valence-corrected chi connectivity index (χ4v) is 2.00. The van der Waals surface area contributed by atoms with Crippen LogP contribution in [0.25, 0.3) is 0 Å². The van der Waals surface area contributed by atoms with Crippen molar-refractivity contribution in [2.45, 2.75) is 46.0 Å². The third-order valence-corrected chi connectivity index (χ3v) is 3.39. The third kappa shape index (κ3) is 3.93.